The molecule has 92 valence electrons. The molecule has 0 radical (unpaired) electrons. The summed E-state index contributed by atoms with van der Waals surface area (Å²) in [5, 5.41) is 10.6. The summed E-state index contributed by atoms with van der Waals surface area (Å²) in [6.07, 6.45) is 0.846. The molecule has 0 aliphatic carbocycles. The molecule has 17 heavy (non-hydrogen) atoms. The van der Waals surface area contributed by atoms with Crippen molar-refractivity contribution >= 4 is 17.4 Å². The summed E-state index contributed by atoms with van der Waals surface area (Å²) in [7, 11) is 0. The molecular weight excluding hydrogens is 242 g/mol. The van der Waals surface area contributed by atoms with Crippen LogP contribution in [0.15, 0.2) is 30.3 Å². The maximum Gasteiger partial charge on any atom is 0.217 e. The highest BCUT2D eigenvalue weighted by Crippen LogP contribution is 2.19. The van der Waals surface area contributed by atoms with Gasteiger partial charge < -0.3 is 0 Å². The molecule has 0 bridgehead atoms. The number of carbonyl (C=O) groups excluding carboxylic acids is 1. The predicted octanol–water partition coefficient (Wildman–Crippen LogP) is 2.64. The maximum atomic E-state index is 11.9. The second-order valence-corrected chi connectivity index (χ2v) is 4.12. The number of hydrogen-bond acceptors (Lipinski definition) is 3. The Bertz CT molecular complexity index is 381. The first-order chi connectivity index (χ1) is 8.15. The second-order valence-electron chi connectivity index (χ2n) is 3.74. The summed E-state index contributed by atoms with van der Waals surface area (Å²) in [6.45, 7) is -0.356. The average molecular weight is 256 g/mol. The Kier molecular flexibility index (Phi) is 5.63. The molecule has 1 unspecified atom stereocenters. The lowest BCUT2D eigenvalue weighted by molar-refractivity contribution is -0.481. The zero-order valence-electron chi connectivity index (χ0n) is 9.34. The topological polar surface area (TPSA) is 60.2 Å². The third kappa shape index (κ3) is 4.53. The summed E-state index contributed by atoms with van der Waals surface area (Å²) in [5.74, 6) is -0.380. The molecular formula is C12H14ClNO3. The van der Waals surface area contributed by atoms with Crippen molar-refractivity contribution < 1.29 is 9.72 Å². The van der Waals surface area contributed by atoms with E-state index in [9.17, 15) is 14.9 Å². The standard InChI is InChI=1S/C12H14ClNO3/c13-8-4-7-12(15)11(9-14(16)17)10-5-2-1-3-6-10/h1-3,5-6,11H,4,7-9H2. The van der Waals surface area contributed by atoms with Crippen LogP contribution in [0, 0.1) is 10.1 Å². The number of nitro groups is 1. The fourth-order valence-electron chi connectivity index (χ4n) is 1.64. The van der Waals surface area contributed by atoms with E-state index in [1.54, 1.807) is 24.3 Å². The number of nitrogens with zero attached hydrogens (tertiary/aromatic N) is 1. The van der Waals surface area contributed by atoms with Gasteiger partial charge in [0.25, 0.3) is 0 Å². The molecule has 1 atom stereocenters. The van der Waals surface area contributed by atoms with Gasteiger partial charge in [0.1, 0.15) is 11.7 Å². The van der Waals surface area contributed by atoms with Gasteiger partial charge in [-0.15, -0.1) is 11.6 Å². The minimum atomic E-state index is -0.658. The molecule has 4 nitrogen and oxygen atoms in total. The number of alkyl halides is 1. The number of hydrogen-bond donors (Lipinski definition) is 0. The normalized spacial score (nSPS) is 12.1. The van der Waals surface area contributed by atoms with E-state index >= 15 is 0 Å². The Morgan fingerprint density at radius 3 is 2.53 bits per heavy atom. The van der Waals surface area contributed by atoms with E-state index in [-0.39, 0.29) is 18.7 Å². The third-order valence-corrected chi connectivity index (χ3v) is 2.75. The van der Waals surface area contributed by atoms with E-state index in [2.05, 4.69) is 0 Å². The van der Waals surface area contributed by atoms with Crippen molar-refractivity contribution in [2.75, 3.05) is 12.4 Å². The minimum absolute atomic E-state index is 0.117. The minimum Gasteiger partial charge on any atom is -0.299 e. The molecule has 1 aromatic carbocycles. The lowest BCUT2D eigenvalue weighted by Crippen LogP contribution is -2.21. The van der Waals surface area contributed by atoms with Gasteiger partial charge in [-0.2, -0.15) is 0 Å². The Labute approximate surface area is 105 Å². The van der Waals surface area contributed by atoms with Crippen molar-refractivity contribution in [1.29, 1.82) is 0 Å². The van der Waals surface area contributed by atoms with E-state index in [4.69, 9.17) is 11.6 Å². The fraction of sp³-hybridized carbons (Fsp3) is 0.417. The molecule has 0 saturated carbocycles. The number of rotatable bonds is 7. The highest BCUT2D eigenvalue weighted by molar-refractivity contribution is 6.17. The summed E-state index contributed by atoms with van der Waals surface area (Å²) in [4.78, 5) is 22.0. The third-order valence-electron chi connectivity index (χ3n) is 2.48. The predicted molar refractivity (Wildman–Crippen MR) is 66.0 cm³/mol. The molecule has 0 heterocycles. The fourth-order valence-corrected chi connectivity index (χ4v) is 1.78. The number of Topliss-reactive ketones (excluding diaryl/α,β-unsaturated/α-hetero) is 1. The first kappa shape index (κ1) is 13.6. The Morgan fingerprint density at radius 2 is 2.00 bits per heavy atom. The van der Waals surface area contributed by atoms with Gasteiger partial charge in [-0.05, 0) is 12.0 Å². The number of ketones is 1. The average Bonchev–Trinajstić information content (AvgIpc) is 2.34. The number of carbonyl (C=O) groups is 1. The first-order valence-electron chi connectivity index (χ1n) is 5.40. The van der Waals surface area contributed by atoms with Crippen LogP contribution in [0.2, 0.25) is 0 Å². The molecule has 0 aliphatic rings. The molecule has 1 aromatic rings. The van der Waals surface area contributed by atoms with Crippen molar-refractivity contribution in [3.8, 4) is 0 Å². The van der Waals surface area contributed by atoms with Gasteiger partial charge in [0.15, 0.2) is 0 Å². The quantitative estimate of drug-likeness (QED) is 0.427. The summed E-state index contributed by atoms with van der Waals surface area (Å²) >= 11 is 5.52. The molecule has 0 aliphatic heterocycles. The molecule has 0 amide bonds. The van der Waals surface area contributed by atoms with Crippen LogP contribution in [-0.2, 0) is 4.79 Å². The van der Waals surface area contributed by atoms with Crippen molar-refractivity contribution in [2.24, 2.45) is 0 Å². The number of halogens is 1. The Balaban J connectivity index is 2.80. The molecule has 0 fully saturated rings. The van der Waals surface area contributed by atoms with Crippen LogP contribution in [0.1, 0.15) is 24.3 Å². The van der Waals surface area contributed by atoms with Gasteiger partial charge in [-0.25, -0.2) is 0 Å². The van der Waals surface area contributed by atoms with Crippen molar-refractivity contribution in [3.05, 3.63) is 46.0 Å². The first-order valence-corrected chi connectivity index (χ1v) is 5.94. The molecule has 0 saturated heterocycles. The zero-order valence-corrected chi connectivity index (χ0v) is 10.1. The van der Waals surface area contributed by atoms with Crippen LogP contribution < -0.4 is 0 Å². The van der Waals surface area contributed by atoms with Gasteiger partial charge in [0.2, 0.25) is 6.54 Å². The van der Waals surface area contributed by atoms with E-state index in [1.807, 2.05) is 6.07 Å². The van der Waals surface area contributed by atoms with Crippen LogP contribution >= 0.6 is 11.6 Å². The summed E-state index contributed by atoms with van der Waals surface area (Å²) < 4.78 is 0. The van der Waals surface area contributed by atoms with Gasteiger partial charge in [0.05, 0.1) is 0 Å². The van der Waals surface area contributed by atoms with Crippen LogP contribution in [-0.4, -0.2) is 23.1 Å². The highest BCUT2D eigenvalue weighted by atomic mass is 35.5. The molecule has 0 aromatic heterocycles. The zero-order chi connectivity index (χ0) is 12.7. The van der Waals surface area contributed by atoms with Gasteiger partial charge in [0, 0.05) is 17.2 Å². The van der Waals surface area contributed by atoms with Crippen LogP contribution in [0.25, 0.3) is 0 Å². The lowest BCUT2D eigenvalue weighted by atomic mass is 9.92. The van der Waals surface area contributed by atoms with Crippen LogP contribution in [0.4, 0.5) is 0 Å². The van der Waals surface area contributed by atoms with Gasteiger partial charge in [-0.1, -0.05) is 30.3 Å². The van der Waals surface area contributed by atoms with E-state index in [0.29, 0.717) is 17.9 Å². The largest absolute Gasteiger partial charge is 0.299 e. The van der Waals surface area contributed by atoms with Crippen molar-refractivity contribution in [3.63, 3.8) is 0 Å². The second kappa shape index (κ2) is 7.01. The van der Waals surface area contributed by atoms with Crippen LogP contribution in [0.3, 0.4) is 0 Å². The number of benzene rings is 1. The smallest absolute Gasteiger partial charge is 0.217 e. The van der Waals surface area contributed by atoms with Gasteiger partial charge in [-0.3, -0.25) is 14.9 Å². The van der Waals surface area contributed by atoms with E-state index < -0.39 is 10.8 Å². The summed E-state index contributed by atoms with van der Waals surface area (Å²) in [5.41, 5.74) is 0.698. The molecule has 5 heteroatoms. The molecule has 0 N–H and O–H groups in total. The van der Waals surface area contributed by atoms with E-state index in [0.717, 1.165) is 0 Å². The van der Waals surface area contributed by atoms with E-state index in [1.165, 1.54) is 0 Å². The van der Waals surface area contributed by atoms with Crippen LogP contribution in [0.5, 0.6) is 0 Å². The lowest BCUT2D eigenvalue weighted by Gasteiger charge is -2.11. The monoisotopic (exact) mass is 255 g/mol. The molecule has 0 spiro atoms. The Morgan fingerprint density at radius 1 is 1.35 bits per heavy atom. The Hall–Kier alpha value is -1.42. The van der Waals surface area contributed by atoms with Crippen molar-refractivity contribution in [1.82, 2.24) is 0 Å². The molecule has 1 rings (SSSR count). The highest BCUT2D eigenvalue weighted by Gasteiger charge is 2.24. The SMILES string of the molecule is O=C(CCCCl)C(C[N+](=O)[O-])c1ccccc1. The van der Waals surface area contributed by atoms with Gasteiger partial charge >= 0.3 is 0 Å². The van der Waals surface area contributed by atoms with Crippen molar-refractivity contribution in [2.45, 2.75) is 18.8 Å². The summed E-state index contributed by atoms with van der Waals surface area (Å²) in [6, 6.07) is 8.85. The maximum absolute atomic E-state index is 11.9.